The lowest BCUT2D eigenvalue weighted by Crippen LogP contribution is -2.38. The standard InChI is InChI=1S/C15H12F3NO/c16-13-9-5-4-8-12(13)15(17,18)14(20)19-10-11-6-2-1-3-7-11/h1-9H,10H2,(H,19,20). The number of hydrogen-bond acceptors (Lipinski definition) is 1. The number of carbonyl (C=O) groups excluding carboxylic acids is 1. The molecule has 0 unspecified atom stereocenters. The van der Waals surface area contributed by atoms with Gasteiger partial charge in [-0.2, -0.15) is 8.78 Å². The number of rotatable bonds is 4. The van der Waals surface area contributed by atoms with E-state index in [0.29, 0.717) is 5.56 Å². The Hall–Kier alpha value is -2.30. The smallest absolute Gasteiger partial charge is 0.346 e. The van der Waals surface area contributed by atoms with Gasteiger partial charge in [-0.05, 0) is 17.7 Å². The first-order valence-electron chi connectivity index (χ1n) is 5.97. The van der Waals surface area contributed by atoms with Crippen molar-refractivity contribution in [1.29, 1.82) is 0 Å². The van der Waals surface area contributed by atoms with E-state index in [1.165, 1.54) is 12.1 Å². The molecule has 1 N–H and O–H groups in total. The van der Waals surface area contributed by atoms with E-state index in [1.807, 2.05) is 0 Å². The van der Waals surface area contributed by atoms with Crippen LogP contribution in [-0.2, 0) is 17.3 Å². The van der Waals surface area contributed by atoms with Gasteiger partial charge < -0.3 is 5.32 Å². The average molecular weight is 279 g/mol. The normalized spacial score (nSPS) is 11.2. The van der Waals surface area contributed by atoms with E-state index < -0.39 is 23.2 Å². The van der Waals surface area contributed by atoms with Crippen LogP contribution in [0.2, 0.25) is 0 Å². The van der Waals surface area contributed by atoms with Crippen LogP contribution >= 0.6 is 0 Å². The van der Waals surface area contributed by atoms with Crippen LogP contribution in [0.3, 0.4) is 0 Å². The fraction of sp³-hybridized carbons (Fsp3) is 0.133. The Morgan fingerprint density at radius 1 is 1.00 bits per heavy atom. The number of hydrogen-bond donors (Lipinski definition) is 1. The van der Waals surface area contributed by atoms with Gasteiger partial charge in [0.25, 0.3) is 5.91 Å². The second-order valence-corrected chi connectivity index (χ2v) is 4.22. The number of halogens is 3. The van der Waals surface area contributed by atoms with Crippen LogP contribution in [0.5, 0.6) is 0 Å². The van der Waals surface area contributed by atoms with E-state index in [-0.39, 0.29) is 6.54 Å². The summed E-state index contributed by atoms with van der Waals surface area (Å²) in [6.45, 7) is -0.0380. The third-order valence-corrected chi connectivity index (χ3v) is 2.79. The van der Waals surface area contributed by atoms with E-state index in [9.17, 15) is 18.0 Å². The molecular formula is C15H12F3NO. The number of alkyl halides is 2. The topological polar surface area (TPSA) is 29.1 Å². The van der Waals surface area contributed by atoms with Gasteiger partial charge >= 0.3 is 5.92 Å². The van der Waals surface area contributed by atoms with Crippen LogP contribution in [0.15, 0.2) is 54.6 Å². The minimum absolute atomic E-state index is 0.0380. The average Bonchev–Trinajstić information content (AvgIpc) is 2.46. The largest absolute Gasteiger partial charge is 0.352 e. The zero-order chi connectivity index (χ0) is 14.6. The summed E-state index contributed by atoms with van der Waals surface area (Å²) in [5.74, 6) is -6.53. The molecule has 0 radical (unpaired) electrons. The molecule has 0 aliphatic carbocycles. The molecule has 0 bridgehead atoms. The summed E-state index contributed by atoms with van der Waals surface area (Å²) in [5, 5.41) is 2.11. The molecule has 104 valence electrons. The van der Waals surface area contributed by atoms with E-state index in [1.54, 1.807) is 30.3 Å². The van der Waals surface area contributed by atoms with Crippen molar-refractivity contribution >= 4 is 5.91 Å². The minimum atomic E-state index is -3.90. The highest BCUT2D eigenvalue weighted by Crippen LogP contribution is 2.30. The summed E-state index contributed by atoms with van der Waals surface area (Å²) in [7, 11) is 0. The fourth-order valence-electron chi connectivity index (χ4n) is 1.73. The number of nitrogens with one attached hydrogen (secondary N) is 1. The first-order chi connectivity index (χ1) is 9.51. The zero-order valence-corrected chi connectivity index (χ0v) is 10.4. The van der Waals surface area contributed by atoms with Gasteiger partial charge in [-0.1, -0.05) is 42.5 Å². The van der Waals surface area contributed by atoms with Crippen molar-refractivity contribution in [2.45, 2.75) is 12.5 Å². The third-order valence-electron chi connectivity index (χ3n) is 2.79. The molecule has 0 heterocycles. The molecule has 0 aliphatic rings. The Balaban J connectivity index is 2.10. The van der Waals surface area contributed by atoms with E-state index in [2.05, 4.69) is 5.32 Å². The highest BCUT2D eigenvalue weighted by molar-refractivity contribution is 5.84. The summed E-state index contributed by atoms with van der Waals surface area (Å²) in [5.41, 5.74) is -0.240. The Morgan fingerprint density at radius 3 is 2.25 bits per heavy atom. The lowest BCUT2D eigenvalue weighted by Gasteiger charge is -2.17. The summed E-state index contributed by atoms with van der Waals surface area (Å²) < 4.78 is 41.1. The van der Waals surface area contributed by atoms with Crippen LogP contribution in [0.4, 0.5) is 13.2 Å². The monoisotopic (exact) mass is 279 g/mol. The van der Waals surface area contributed by atoms with Crippen molar-refractivity contribution in [3.05, 3.63) is 71.5 Å². The van der Waals surface area contributed by atoms with Crippen molar-refractivity contribution in [2.24, 2.45) is 0 Å². The van der Waals surface area contributed by atoms with Crippen LogP contribution in [0, 0.1) is 5.82 Å². The number of benzene rings is 2. The highest BCUT2D eigenvalue weighted by Gasteiger charge is 2.42. The lowest BCUT2D eigenvalue weighted by atomic mass is 10.1. The van der Waals surface area contributed by atoms with Crippen LogP contribution in [-0.4, -0.2) is 5.91 Å². The van der Waals surface area contributed by atoms with Gasteiger partial charge in [0.2, 0.25) is 0 Å². The van der Waals surface area contributed by atoms with Crippen LogP contribution in [0.25, 0.3) is 0 Å². The summed E-state index contributed by atoms with van der Waals surface area (Å²) in [6, 6.07) is 13.0. The molecule has 20 heavy (non-hydrogen) atoms. The fourth-order valence-corrected chi connectivity index (χ4v) is 1.73. The van der Waals surface area contributed by atoms with Crippen LogP contribution in [0.1, 0.15) is 11.1 Å². The molecule has 0 saturated carbocycles. The molecule has 2 nitrogen and oxygen atoms in total. The predicted molar refractivity (Wildman–Crippen MR) is 68.6 cm³/mol. The summed E-state index contributed by atoms with van der Waals surface area (Å²) >= 11 is 0. The van der Waals surface area contributed by atoms with Gasteiger partial charge in [0, 0.05) is 6.54 Å². The molecule has 2 aromatic rings. The van der Waals surface area contributed by atoms with Crippen molar-refractivity contribution in [1.82, 2.24) is 5.32 Å². The molecule has 2 rings (SSSR count). The maximum absolute atomic E-state index is 13.9. The highest BCUT2D eigenvalue weighted by atomic mass is 19.3. The number of amides is 1. The predicted octanol–water partition coefficient (Wildman–Crippen LogP) is 3.23. The Bertz CT molecular complexity index is 599. The number of carbonyl (C=O) groups is 1. The van der Waals surface area contributed by atoms with Gasteiger partial charge in [0.05, 0.1) is 5.56 Å². The maximum atomic E-state index is 13.9. The summed E-state index contributed by atoms with van der Waals surface area (Å²) in [4.78, 5) is 11.6. The van der Waals surface area contributed by atoms with Crippen molar-refractivity contribution < 1.29 is 18.0 Å². The second kappa shape index (κ2) is 5.77. The first kappa shape index (κ1) is 14.1. The molecule has 0 atom stereocenters. The van der Waals surface area contributed by atoms with Crippen LogP contribution < -0.4 is 5.32 Å². The molecular weight excluding hydrogens is 267 g/mol. The van der Waals surface area contributed by atoms with E-state index >= 15 is 0 Å². The quantitative estimate of drug-likeness (QED) is 0.914. The molecule has 0 fully saturated rings. The van der Waals surface area contributed by atoms with E-state index in [4.69, 9.17) is 0 Å². The summed E-state index contributed by atoms with van der Waals surface area (Å²) in [6.07, 6.45) is 0. The van der Waals surface area contributed by atoms with Gasteiger partial charge in [-0.25, -0.2) is 4.39 Å². The molecule has 2 aromatic carbocycles. The molecule has 0 aromatic heterocycles. The van der Waals surface area contributed by atoms with Crippen molar-refractivity contribution in [3.8, 4) is 0 Å². The Labute approximate surface area is 114 Å². The molecule has 1 amide bonds. The van der Waals surface area contributed by atoms with Crippen molar-refractivity contribution in [2.75, 3.05) is 0 Å². The minimum Gasteiger partial charge on any atom is -0.346 e. The zero-order valence-electron chi connectivity index (χ0n) is 10.4. The first-order valence-corrected chi connectivity index (χ1v) is 5.97. The van der Waals surface area contributed by atoms with E-state index in [0.717, 1.165) is 12.1 Å². The Morgan fingerprint density at radius 2 is 1.60 bits per heavy atom. The maximum Gasteiger partial charge on any atom is 0.352 e. The third kappa shape index (κ3) is 2.99. The molecule has 0 aliphatic heterocycles. The molecule has 5 heteroatoms. The molecule has 0 saturated heterocycles. The van der Waals surface area contributed by atoms with Gasteiger partial charge in [0.15, 0.2) is 0 Å². The van der Waals surface area contributed by atoms with Crippen molar-refractivity contribution in [3.63, 3.8) is 0 Å². The van der Waals surface area contributed by atoms with Gasteiger partial charge in [0.1, 0.15) is 5.82 Å². The second-order valence-electron chi connectivity index (χ2n) is 4.22. The van der Waals surface area contributed by atoms with Gasteiger partial charge in [-0.3, -0.25) is 4.79 Å². The SMILES string of the molecule is O=C(NCc1ccccc1)C(F)(F)c1ccccc1F. The Kier molecular flexibility index (Phi) is 4.08. The van der Waals surface area contributed by atoms with Gasteiger partial charge in [-0.15, -0.1) is 0 Å². The lowest BCUT2D eigenvalue weighted by molar-refractivity contribution is -0.147. The molecule has 0 spiro atoms.